The van der Waals surface area contributed by atoms with E-state index in [9.17, 15) is 9.59 Å². The second-order valence-corrected chi connectivity index (χ2v) is 1.64. The van der Waals surface area contributed by atoms with Crippen LogP contribution in [0.25, 0.3) is 0 Å². The molecule has 10 heavy (non-hydrogen) atoms. The van der Waals surface area contributed by atoms with E-state index in [4.69, 9.17) is 10.2 Å². The second kappa shape index (κ2) is 6.65. The van der Waals surface area contributed by atoms with Gasteiger partial charge >= 0.3 is 30.8 Å². The summed E-state index contributed by atoms with van der Waals surface area (Å²) in [5, 5.41) is 16.1. The average molecular weight is 140 g/mol. The van der Waals surface area contributed by atoms with Crippen molar-refractivity contribution in [3.8, 4) is 0 Å². The molecule has 0 atom stereocenters. The summed E-state index contributed by atoms with van der Waals surface area (Å²) in [7, 11) is 0. The van der Waals surface area contributed by atoms with E-state index in [2.05, 4.69) is 0 Å². The summed E-state index contributed by atoms with van der Waals surface area (Å²) in [6.45, 7) is 0. The fourth-order valence-electron chi connectivity index (χ4n) is 0.391. The molecule has 54 valence electrons. The van der Waals surface area contributed by atoms with Crippen molar-refractivity contribution >= 4 is 30.8 Å². The van der Waals surface area contributed by atoms with Gasteiger partial charge in [0, 0.05) is 12.8 Å². The molecule has 0 aromatic heterocycles. The van der Waals surface area contributed by atoms with Crippen molar-refractivity contribution in [3.05, 3.63) is 0 Å². The molecule has 0 aliphatic rings. The predicted molar refractivity (Wildman–Crippen MR) is 36.3 cm³/mol. The van der Waals surface area contributed by atoms with Crippen molar-refractivity contribution in [2.75, 3.05) is 0 Å². The van der Waals surface area contributed by atoms with Gasteiger partial charge in [-0.25, -0.2) is 0 Å². The Morgan fingerprint density at radius 2 is 1.30 bits per heavy atom. The molecule has 0 bridgehead atoms. The van der Waals surface area contributed by atoms with Crippen LogP contribution in [-0.2, 0) is 9.59 Å². The van der Waals surface area contributed by atoms with Crippen LogP contribution in [0, 0.1) is 0 Å². The first-order valence-electron chi connectivity index (χ1n) is 2.56. The minimum atomic E-state index is -0.948. The Hall–Kier alpha value is -0.463. The van der Waals surface area contributed by atoms with E-state index in [1.54, 1.807) is 0 Å². The van der Waals surface area contributed by atoms with Crippen LogP contribution >= 0.6 is 0 Å². The maximum absolute atomic E-state index is 9.79. The number of hydrogen-bond donors (Lipinski definition) is 2. The third-order valence-corrected chi connectivity index (χ3v) is 0.781. The first-order chi connectivity index (χ1) is 4.13. The van der Waals surface area contributed by atoms with Gasteiger partial charge in [0.05, 0.1) is 0 Å². The third kappa shape index (κ3) is 10.5. The third-order valence-electron chi connectivity index (χ3n) is 0.781. The van der Waals surface area contributed by atoms with Crippen LogP contribution in [0.2, 0.25) is 0 Å². The quantitative estimate of drug-likeness (QED) is 0.524. The molecule has 0 aromatic rings. The molecule has 0 saturated carbocycles. The average Bonchev–Trinajstić information content (AvgIpc) is 1.63. The van der Waals surface area contributed by atoms with Crippen LogP contribution in [0.1, 0.15) is 19.3 Å². The van der Waals surface area contributed by atoms with Gasteiger partial charge in [0.25, 0.3) is 0 Å². The molecule has 0 heterocycles. The Bertz CT molecular complexity index is 109. The van der Waals surface area contributed by atoms with Gasteiger partial charge in [-0.1, -0.05) is 0 Å². The molecule has 0 radical (unpaired) electrons. The Morgan fingerprint density at radius 3 is 1.50 bits per heavy atom. The molecule has 0 aromatic carbocycles. The van der Waals surface area contributed by atoms with Crippen LogP contribution in [0.15, 0.2) is 0 Å². The fraction of sp³-hybridized carbons (Fsp3) is 0.600. The summed E-state index contributed by atoms with van der Waals surface area (Å²) in [4.78, 5) is 19.6. The molecular weight excluding hydrogens is 131 g/mol. The molecule has 5 heteroatoms. The topological polar surface area (TPSA) is 74.6 Å². The summed E-state index contributed by atoms with van der Waals surface area (Å²) in [5.41, 5.74) is 0. The molecule has 0 unspecified atom stereocenters. The molecule has 0 aliphatic heterocycles. The van der Waals surface area contributed by atoms with Crippen molar-refractivity contribution in [2.24, 2.45) is 0 Å². The zero-order valence-electron chi connectivity index (χ0n) is 4.83. The maximum atomic E-state index is 9.79. The van der Waals surface area contributed by atoms with E-state index in [1.165, 1.54) is 0 Å². The normalized spacial score (nSPS) is 8.00. The van der Waals surface area contributed by atoms with Crippen molar-refractivity contribution in [3.63, 3.8) is 0 Å². The molecule has 0 aliphatic carbocycles. The zero-order valence-corrected chi connectivity index (χ0v) is 4.83. The van der Waals surface area contributed by atoms with Crippen LogP contribution in [0.3, 0.4) is 0 Å². The van der Waals surface area contributed by atoms with Crippen molar-refractivity contribution in [1.29, 1.82) is 0 Å². The van der Waals surface area contributed by atoms with E-state index in [0.29, 0.717) is 0 Å². The van der Waals surface area contributed by atoms with Crippen molar-refractivity contribution < 1.29 is 19.8 Å². The molecule has 4 nitrogen and oxygen atoms in total. The summed E-state index contributed by atoms with van der Waals surface area (Å²) >= 11 is 0. The summed E-state index contributed by atoms with van der Waals surface area (Å²) in [6, 6.07) is 0. The SMILES string of the molecule is O=C(O)CCCC(=O)O.[LiH]. The van der Waals surface area contributed by atoms with Crippen LogP contribution < -0.4 is 0 Å². The molecular formula is C5H9LiO4. The van der Waals surface area contributed by atoms with Gasteiger partial charge in [-0.15, -0.1) is 0 Å². The Balaban J connectivity index is 0. The summed E-state index contributed by atoms with van der Waals surface area (Å²) in [5.74, 6) is -1.90. The Morgan fingerprint density at radius 1 is 1.00 bits per heavy atom. The monoisotopic (exact) mass is 140 g/mol. The number of carboxylic acid groups (broad SMARTS) is 2. The van der Waals surface area contributed by atoms with Gasteiger partial charge in [0.1, 0.15) is 0 Å². The fourth-order valence-corrected chi connectivity index (χ4v) is 0.391. The minimum absolute atomic E-state index is 0. The number of carboxylic acids is 2. The van der Waals surface area contributed by atoms with E-state index in [1.807, 2.05) is 0 Å². The zero-order chi connectivity index (χ0) is 7.28. The van der Waals surface area contributed by atoms with E-state index in [0.717, 1.165) is 0 Å². The van der Waals surface area contributed by atoms with Crippen LogP contribution in [0.4, 0.5) is 0 Å². The van der Waals surface area contributed by atoms with Crippen molar-refractivity contribution in [1.82, 2.24) is 0 Å². The first-order valence-corrected chi connectivity index (χ1v) is 2.56. The Kier molecular flexibility index (Phi) is 8.14. The Labute approximate surface area is 70.4 Å². The number of carbonyl (C=O) groups is 2. The van der Waals surface area contributed by atoms with E-state index < -0.39 is 11.9 Å². The van der Waals surface area contributed by atoms with Gasteiger partial charge < -0.3 is 10.2 Å². The van der Waals surface area contributed by atoms with Gasteiger partial charge in [-0.3, -0.25) is 9.59 Å². The van der Waals surface area contributed by atoms with Gasteiger partial charge in [-0.2, -0.15) is 0 Å². The predicted octanol–water partition coefficient (Wildman–Crippen LogP) is -0.323. The molecule has 0 rings (SSSR count). The number of aliphatic carboxylic acids is 2. The summed E-state index contributed by atoms with van der Waals surface area (Å²) < 4.78 is 0. The molecule has 0 spiro atoms. The summed E-state index contributed by atoms with van der Waals surface area (Å²) in [6.07, 6.45) is 0.0866. The molecule has 0 amide bonds. The van der Waals surface area contributed by atoms with Gasteiger partial charge in [0.2, 0.25) is 0 Å². The molecule has 0 saturated heterocycles. The standard InChI is InChI=1S/C5H8O4.Li.H/c6-4(7)2-1-3-5(8)9;;/h1-3H2,(H,6,7)(H,8,9);;. The second-order valence-electron chi connectivity index (χ2n) is 1.64. The van der Waals surface area contributed by atoms with Crippen LogP contribution in [0.5, 0.6) is 0 Å². The van der Waals surface area contributed by atoms with Gasteiger partial charge in [0.15, 0.2) is 0 Å². The molecule has 0 fully saturated rings. The van der Waals surface area contributed by atoms with E-state index in [-0.39, 0.29) is 38.1 Å². The van der Waals surface area contributed by atoms with Gasteiger partial charge in [-0.05, 0) is 6.42 Å². The van der Waals surface area contributed by atoms with E-state index >= 15 is 0 Å². The van der Waals surface area contributed by atoms with Crippen molar-refractivity contribution in [2.45, 2.75) is 19.3 Å². The number of rotatable bonds is 4. The number of hydrogen-bond acceptors (Lipinski definition) is 2. The molecule has 2 N–H and O–H groups in total. The first kappa shape index (κ1) is 12.2. The van der Waals surface area contributed by atoms with Crippen LogP contribution in [-0.4, -0.2) is 41.0 Å².